The quantitative estimate of drug-likeness (QED) is 0.231. The van der Waals surface area contributed by atoms with Gasteiger partial charge in [0, 0.05) is 31.4 Å². The summed E-state index contributed by atoms with van der Waals surface area (Å²) in [5, 5.41) is 19.8. The molecule has 2 heterocycles. The van der Waals surface area contributed by atoms with Crippen LogP contribution in [0.2, 0.25) is 0 Å². The third kappa shape index (κ3) is 4.05. The Morgan fingerprint density at radius 2 is 1.97 bits per heavy atom. The number of fused-ring (bicyclic) bond motifs is 1. The van der Waals surface area contributed by atoms with E-state index in [-0.39, 0.29) is 10.9 Å². The zero-order chi connectivity index (χ0) is 21.1. The van der Waals surface area contributed by atoms with E-state index in [1.807, 2.05) is 31.2 Å². The number of imidazole rings is 1. The van der Waals surface area contributed by atoms with Crippen LogP contribution in [0.15, 0.2) is 58.1 Å². The normalized spacial score (nSPS) is 12.3. The molecule has 0 bridgehead atoms. The van der Waals surface area contributed by atoms with Crippen molar-refractivity contribution < 1.29 is 14.1 Å². The van der Waals surface area contributed by atoms with Gasteiger partial charge in [0.1, 0.15) is 0 Å². The highest BCUT2D eigenvalue weighted by Crippen LogP contribution is 2.36. The summed E-state index contributed by atoms with van der Waals surface area (Å²) in [5.74, 6) is 0.777. The number of aromatic nitrogens is 4. The molecule has 2 aromatic carbocycles. The number of hydrogen-bond acceptors (Lipinski definition) is 8. The second-order valence-electron chi connectivity index (χ2n) is 6.54. The van der Waals surface area contributed by atoms with Crippen molar-refractivity contribution in [3.05, 3.63) is 64.5 Å². The summed E-state index contributed by atoms with van der Waals surface area (Å²) in [6, 6.07) is 14.0. The van der Waals surface area contributed by atoms with Gasteiger partial charge in [0.25, 0.3) is 5.69 Å². The molecule has 1 atom stereocenters. The summed E-state index contributed by atoms with van der Waals surface area (Å²) in [6.45, 7) is 3.23. The molecule has 0 spiro atoms. The molecule has 0 radical (unpaired) electrons. The van der Waals surface area contributed by atoms with Gasteiger partial charge in [-0.25, -0.2) is 4.98 Å². The molecule has 4 aromatic rings. The maximum Gasteiger partial charge on any atom is 0.269 e. The van der Waals surface area contributed by atoms with Crippen molar-refractivity contribution in [2.75, 3.05) is 13.7 Å². The van der Waals surface area contributed by atoms with Crippen LogP contribution >= 0.6 is 11.8 Å². The number of methoxy groups -OCH3 is 1. The molecule has 0 N–H and O–H groups in total. The average molecular weight is 425 g/mol. The van der Waals surface area contributed by atoms with Crippen LogP contribution in [0.1, 0.15) is 18.1 Å². The van der Waals surface area contributed by atoms with Crippen LogP contribution in [0.5, 0.6) is 0 Å². The number of thioether (sulfide) groups is 1. The first-order valence-corrected chi connectivity index (χ1v) is 10.1. The molecule has 9 nitrogen and oxygen atoms in total. The summed E-state index contributed by atoms with van der Waals surface area (Å²) in [5.41, 5.74) is 2.60. The molecule has 2 aromatic heterocycles. The van der Waals surface area contributed by atoms with Crippen LogP contribution in [0.25, 0.3) is 22.5 Å². The van der Waals surface area contributed by atoms with Gasteiger partial charge >= 0.3 is 0 Å². The van der Waals surface area contributed by atoms with E-state index in [9.17, 15) is 10.1 Å². The molecule has 0 saturated carbocycles. The van der Waals surface area contributed by atoms with Gasteiger partial charge in [-0.05, 0) is 31.2 Å². The third-order valence-electron chi connectivity index (χ3n) is 4.53. The van der Waals surface area contributed by atoms with Crippen molar-refractivity contribution in [2.24, 2.45) is 0 Å². The first-order chi connectivity index (χ1) is 14.6. The lowest BCUT2D eigenvalue weighted by molar-refractivity contribution is -0.384. The second-order valence-corrected chi connectivity index (χ2v) is 7.85. The van der Waals surface area contributed by atoms with E-state index in [1.54, 1.807) is 19.2 Å². The number of rotatable bonds is 8. The Morgan fingerprint density at radius 3 is 2.70 bits per heavy atom. The van der Waals surface area contributed by atoms with Crippen molar-refractivity contribution in [3.8, 4) is 11.5 Å². The standard InChI is InChI=1S/C20H19N5O4S/c1-13(18-22-23-19(29-18)14-7-9-15(10-8-14)25(26)27)30-20-21-16-5-3-4-6-17(16)24(20)11-12-28-2/h3-10,13H,11-12H2,1-2H3. The van der Waals surface area contributed by atoms with Crippen LogP contribution < -0.4 is 0 Å². The summed E-state index contributed by atoms with van der Waals surface area (Å²) in [6.07, 6.45) is 0. The van der Waals surface area contributed by atoms with Crippen LogP contribution in [0, 0.1) is 10.1 Å². The predicted molar refractivity (Wildman–Crippen MR) is 112 cm³/mol. The molecule has 0 fully saturated rings. The highest BCUT2D eigenvalue weighted by atomic mass is 32.2. The maximum absolute atomic E-state index is 10.8. The lowest BCUT2D eigenvalue weighted by Gasteiger charge is -2.10. The van der Waals surface area contributed by atoms with E-state index in [2.05, 4.69) is 14.8 Å². The monoisotopic (exact) mass is 425 g/mol. The van der Waals surface area contributed by atoms with Gasteiger partial charge < -0.3 is 13.7 Å². The van der Waals surface area contributed by atoms with Gasteiger partial charge in [-0.3, -0.25) is 10.1 Å². The lowest BCUT2D eigenvalue weighted by Crippen LogP contribution is -2.06. The summed E-state index contributed by atoms with van der Waals surface area (Å²) >= 11 is 1.53. The van der Waals surface area contributed by atoms with E-state index < -0.39 is 4.92 Å². The molecule has 0 saturated heterocycles. The number of ether oxygens (including phenoxy) is 1. The van der Waals surface area contributed by atoms with Gasteiger partial charge in [-0.1, -0.05) is 23.9 Å². The molecule has 30 heavy (non-hydrogen) atoms. The smallest absolute Gasteiger partial charge is 0.269 e. The first kappa shape index (κ1) is 20.0. The van der Waals surface area contributed by atoms with Crippen LogP contribution in [-0.4, -0.2) is 38.4 Å². The molecule has 154 valence electrons. The predicted octanol–water partition coefficient (Wildman–Crippen LogP) is 4.49. The SMILES string of the molecule is COCCn1c(SC(C)c2nnc(-c3ccc([N+](=O)[O-])cc3)o2)nc2ccccc21. The van der Waals surface area contributed by atoms with E-state index in [0.29, 0.717) is 30.5 Å². The molecule has 10 heteroatoms. The average Bonchev–Trinajstić information content (AvgIpc) is 3.37. The molecular weight excluding hydrogens is 406 g/mol. The number of para-hydroxylation sites is 2. The van der Waals surface area contributed by atoms with Crippen LogP contribution in [0.3, 0.4) is 0 Å². The summed E-state index contributed by atoms with van der Waals surface area (Å²) in [7, 11) is 1.67. The Balaban J connectivity index is 1.56. The molecule has 0 aliphatic carbocycles. The molecule has 0 aliphatic rings. The van der Waals surface area contributed by atoms with Gasteiger partial charge in [0.05, 0.1) is 27.8 Å². The fourth-order valence-electron chi connectivity index (χ4n) is 2.99. The molecule has 1 unspecified atom stereocenters. The second kappa shape index (κ2) is 8.64. The van der Waals surface area contributed by atoms with Crippen molar-refractivity contribution in [2.45, 2.75) is 23.9 Å². The summed E-state index contributed by atoms with van der Waals surface area (Å²) < 4.78 is 13.2. The van der Waals surface area contributed by atoms with E-state index in [4.69, 9.17) is 14.1 Å². The van der Waals surface area contributed by atoms with Crippen molar-refractivity contribution in [1.82, 2.24) is 19.7 Å². The van der Waals surface area contributed by atoms with E-state index in [1.165, 1.54) is 23.9 Å². The number of hydrogen-bond donors (Lipinski definition) is 0. The zero-order valence-electron chi connectivity index (χ0n) is 16.4. The Bertz CT molecular complexity index is 1170. The summed E-state index contributed by atoms with van der Waals surface area (Å²) in [4.78, 5) is 15.1. The largest absolute Gasteiger partial charge is 0.419 e. The topological polar surface area (TPSA) is 109 Å². The first-order valence-electron chi connectivity index (χ1n) is 9.26. The van der Waals surface area contributed by atoms with Crippen molar-refractivity contribution in [3.63, 3.8) is 0 Å². The van der Waals surface area contributed by atoms with Gasteiger partial charge in [0.15, 0.2) is 5.16 Å². The number of benzene rings is 2. The maximum atomic E-state index is 10.8. The van der Waals surface area contributed by atoms with Gasteiger partial charge in [-0.2, -0.15) is 0 Å². The highest BCUT2D eigenvalue weighted by Gasteiger charge is 2.20. The Morgan fingerprint density at radius 1 is 1.20 bits per heavy atom. The van der Waals surface area contributed by atoms with Crippen LogP contribution in [0.4, 0.5) is 5.69 Å². The molecular formula is C20H19N5O4S. The zero-order valence-corrected chi connectivity index (χ0v) is 17.2. The van der Waals surface area contributed by atoms with Crippen molar-refractivity contribution in [1.29, 1.82) is 0 Å². The number of nitro benzene ring substituents is 1. The molecule has 0 amide bonds. The minimum atomic E-state index is -0.447. The Labute approximate surface area is 176 Å². The number of nitro groups is 1. The van der Waals surface area contributed by atoms with E-state index in [0.717, 1.165) is 16.2 Å². The fourth-order valence-corrected chi connectivity index (χ4v) is 3.97. The Kier molecular flexibility index (Phi) is 5.77. The third-order valence-corrected chi connectivity index (χ3v) is 5.61. The van der Waals surface area contributed by atoms with Crippen molar-refractivity contribution >= 4 is 28.5 Å². The fraction of sp³-hybridized carbons (Fsp3) is 0.250. The minimum absolute atomic E-state index is 0.0115. The van der Waals surface area contributed by atoms with E-state index >= 15 is 0 Å². The Hall–Kier alpha value is -3.24. The minimum Gasteiger partial charge on any atom is -0.419 e. The number of non-ortho nitro benzene ring substituents is 1. The van der Waals surface area contributed by atoms with Gasteiger partial charge in [0.2, 0.25) is 11.8 Å². The molecule has 0 aliphatic heterocycles. The molecule has 4 rings (SSSR count). The van der Waals surface area contributed by atoms with Crippen LogP contribution in [-0.2, 0) is 11.3 Å². The highest BCUT2D eigenvalue weighted by molar-refractivity contribution is 7.99. The lowest BCUT2D eigenvalue weighted by atomic mass is 10.2. The van der Waals surface area contributed by atoms with Gasteiger partial charge in [-0.15, -0.1) is 10.2 Å². The number of nitrogens with zero attached hydrogens (tertiary/aromatic N) is 5.